The Labute approximate surface area is 111 Å². The lowest BCUT2D eigenvalue weighted by Crippen LogP contribution is -2.39. The first-order valence-electron chi connectivity index (χ1n) is 6.29. The molecule has 0 spiro atoms. The van der Waals surface area contributed by atoms with Crippen molar-refractivity contribution in [3.05, 3.63) is 35.1 Å². The van der Waals surface area contributed by atoms with Crippen LogP contribution in [0.1, 0.15) is 28.8 Å². The number of amides is 2. The Balaban J connectivity index is 2.01. The molecule has 4 nitrogen and oxygen atoms in total. The van der Waals surface area contributed by atoms with Gasteiger partial charge < -0.3 is 10.2 Å². The summed E-state index contributed by atoms with van der Waals surface area (Å²) in [5, 5.41) is 2.79. The van der Waals surface area contributed by atoms with E-state index in [-0.39, 0.29) is 24.1 Å². The summed E-state index contributed by atoms with van der Waals surface area (Å²) in [6.07, 6.45) is 1.99. The van der Waals surface area contributed by atoms with Gasteiger partial charge in [-0.3, -0.25) is 9.59 Å². The molecule has 1 fully saturated rings. The standard InChI is InChI=1S/C14H17FN2O2/c1-9-4-3-5-11(13(9)15)14(19)17(2)8-12(18)16-10-6-7-10/h3-5,10H,6-8H2,1-2H3,(H,16,18). The summed E-state index contributed by atoms with van der Waals surface area (Å²) in [4.78, 5) is 24.9. The monoisotopic (exact) mass is 264 g/mol. The molecule has 1 aliphatic rings. The maximum absolute atomic E-state index is 13.8. The number of halogens is 1. The number of nitrogens with zero attached hydrogens (tertiary/aromatic N) is 1. The van der Waals surface area contributed by atoms with Crippen molar-refractivity contribution < 1.29 is 14.0 Å². The van der Waals surface area contributed by atoms with E-state index in [2.05, 4.69) is 5.32 Å². The van der Waals surface area contributed by atoms with E-state index >= 15 is 0 Å². The number of likely N-dealkylation sites (N-methyl/N-ethyl adjacent to an activating group) is 1. The van der Waals surface area contributed by atoms with Crippen LogP contribution in [-0.2, 0) is 4.79 Å². The number of hydrogen-bond acceptors (Lipinski definition) is 2. The summed E-state index contributed by atoms with van der Waals surface area (Å²) in [5.74, 6) is -1.21. The maximum Gasteiger partial charge on any atom is 0.257 e. The topological polar surface area (TPSA) is 49.4 Å². The molecule has 0 unspecified atom stereocenters. The molecule has 0 radical (unpaired) electrons. The number of aryl methyl sites for hydroxylation is 1. The number of rotatable bonds is 4. The van der Waals surface area contributed by atoms with E-state index in [1.54, 1.807) is 19.1 Å². The van der Waals surface area contributed by atoms with Crippen molar-refractivity contribution >= 4 is 11.8 Å². The van der Waals surface area contributed by atoms with E-state index in [4.69, 9.17) is 0 Å². The van der Waals surface area contributed by atoms with E-state index in [9.17, 15) is 14.0 Å². The van der Waals surface area contributed by atoms with Gasteiger partial charge in [0.25, 0.3) is 5.91 Å². The molecule has 0 aliphatic heterocycles. The first-order valence-corrected chi connectivity index (χ1v) is 6.29. The predicted octanol–water partition coefficient (Wildman–Crippen LogP) is 1.48. The molecule has 0 heterocycles. The minimum atomic E-state index is -0.526. The SMILES string of the molecule is Cc1cccc(C(=O)N(C)CC(=O)NC2CC2)c1F. The second kappa shape index (κ2) is 5.38. The largest absolute Gasteiger partial charge is 0.352 e. The van der Waals surface area contributed by atoms with Crippen LogP contribution >= 0.6 is 0 Å². The van der Waals surface area contributed by atoms with Gasteiger partial charge in [0, 0.05) is 13.1 Å². The lowest BCUT2D eigenvalue weighted by atomic mass is 10.1. The van der Waals surface area contributed by atoms with Crippen LogP contribution in [0.3, 0.4) is 0 Å². The van der Waals surface area contributed by atoms with Crippen molar-refractivity contribution in [1.82, 2.24) is 10.2 Å². The highest BCUT2D eigenvalue weighted by Crippen LogP contribution is 2.18. The second-order valence-corrected chi connectivity index (χ2v) is 4.94. The zero-order valence-electron chi connectivity index (χ0n) is 11.1. The summed E-state index contributed by atoms with van der Waals surface area (Å²) in [6, 6.07) is 4.92. The number of carbonyl (C=O) groups excluding carboxylic acids is 2. The van der Waals surface area contributed by atoms with E-state index in [1.807, 2.05) is 0 Å². The Morgan fingerprint density at radius 2 is 2.11 bits per heavy atom. The fourth-order valence-electron chi connectivity index (χ4n) is 1.81. The summed E-state index contributed by atoms with van der Waals surface area (Å²) in [7, 11) is 1.50. The highest BCUT2D eigenvalue weighted by molar-refractivity contribution is 5.96. The van der Waals surface area contributed by atoms with Crippen molar-refractivity contribution in [2.45, 2.75) is 25.8 Å². The molecule has 1 saturated carbocycles. The number of hydrogen-bond donors (Lipinski definition) is 1. The van der Waals surface area contributed by atoms with Crippen LogP contribution in [0.5, 0.6) is 0 Å². The van der Waals surface area contributed by atoms with Gasteiger partial charge in [0.05, 0.1) is 12.1 Å². The molecule has 0 aromatic heterocycles. The van der Waals surface area contributed by atoms with Gasteiger partial charge in [-0.25, -0.2) is 4.39 Å². The van der Waals surface area contributed by atoms with Gasteiger partial charge in [-0.15, -0.1) is 0 Å². The molecule has 5 heteroatoms. The van der Waals surface area contributed by atoms with Crippen LogP contribution in [0.4, 0.5) is 4.39 Å². The molecule has 102 valence electrons. The van der Waals surface area contributed by atoms with Crippen LogP contribution in [0, 0.1) is 12.7 Å². The minimum Gasteiger partial charge on any atom is -0.352 e. The quantitative estimate of drug-likeness (QED) is 0.895. The summed E-state index contributed by atoms with van der Waals surface area (Å²) in [6.45, 7) is 1.55. The van der Waals surface area contributed by atoms with Crippen molar-refractivity contribution in [3.8, 4) is 0 Å². The van der Waals surface area contributed by atoms with Crippen molar-refractivity contribution in [2.75, 3.05) is 13.6 Å². The normalized spacial score (nSPS) is 14.1. The van der Waals surface area contributed by atoms with Gasteiger partial charge in [0.1, 0.15) is 5.82 Å². The third-order valence-corrected chi connectivity index (χ3v) is 3.09. The van der Waals surface area contributed by atoms with E-state index in [1.165, 1.54) is 18.0 Å². The average molecular weight is 264 g/mol. The zero-order chi connectivity index (χ0) is 14.0. The van der Waals surface area contributed by atoms with Crippen LogP contribution < -0.4 is 5.32 Å². The predicted molar refractivity (Wildman–Crippen MR) is 69.3 cm³/mol. The Kier molecular flexibility index (Phi) is 3.83. The van der Waals surface area contributed by atoms with Gasteiger partial charge in [0.15, 0.2) is 0 Å². The highest BCUT2D eigenvalue weighted by Gasteiger charge is 2.25. The van der Waals surface area contributed by atoms with Crippen LogP contribution in [0.15, 0.2) is 18.2 Å². The van der Waals surface area contributed by atoms with Crippen molar-refractivity contribution in [1.29, 1.82) is 0 Å². The molecular formula is C14H17FN2O2. The van der Waals surface area contributed by atoms with Gasteiger partial charge in [-0.1, -0.05) is 12.1 Å². The first-order chi connectivity index (χ1) is 8.99. The Morgan fingerprint density at radius 3 is 2.74 bits per heavy atom. The van der Waals surface area contributed by atoms with Gasteiger partial charge >= 0.3 is 0 Å². The molecule has 2 amide bonds. The molecular weight excluding hydrogens is 247 g/mol. The fourth-order valence-corrected chi connectivity index (χ4v) is 1.81. The zero-order valence-corrected chi connectivity index (χ0v) is 11.1. The number of carbonyl (C=O) groups is 2. The summed E-state index contributed by atoms with van der Waals surface area (Å²) >= 11 is 0. The second-order valence-electron chi connectivity index (χ2n) is 4.94. The van der Waals surface area contributed by atoms with Crippen LogP contribution in [0.25, 0.3) is 0 Å². The average Bonchev–Trinajstić information content (AvgIpc) is 3.15. The van der Waals surface area contributed by atoms with E-state index < -0.39 is 11.7 Å². The van der Waals surface area contributed by atoms with Gasteiger partial charge in [0.2, 0.25) is 5.91 Å². The Bertz CT molecular complexity index is 512. The smallest absolute Gasteiger partial charge is 0.257 e. The number of benzene rings is 1. The van der Waals surface area contributed by atoms with E-state index in [0.29, 0.717) is 5.56 Å². The third kappa shape index (κ3) is 3.30. The van der Waals surface area contributed by atoms with Gasteiger partial charge in [-0.05, 0) is 31.4 Å². The molecule has 1 N–H and O–H groups in total. The highest BCUT2D eigenvalue weighted by atomic mass is 19.1. The lowest BCUT2D eigenvalue weighted by molar-refractivity contribution is -0.121. The molecule has 19 heavy (non-hydrogen) atoms. The summed E-state index contributed by atoms with van der Waals surface area (Å²) in [5.41, 5.74) is 0.420. The van der Waals surface area contributed by atoms with Crippen molar-refractivity contribution in [2.24, 2.45) is 0 Å². The Morgan fingerprint density at radius 1 is 1.42 bits per heavy atom. The number of nitrogens with one attached hydrogen (secondary N) is 1. The third-order valence-electron chi connectivity index (χ3n) is 3.09. The van der Waals surface area contributed by atoms with Gasteiger partial charge in [-0.2, -0.15) is 0 Å². The molecule has 1 aliphatic carbocycles. The lowest BCUT2D eigenvalue weighted by Gasteiger charge is -2.17. The molecule has 1 aromatic rings. The summed E-state index contributed by atoms with van der Waals surface area (Å²) < 4.78 is 13.8. The fraction of sp³-hybridized carbons (Fsp3) is 0.429. The molecule has 2 rings (SSSR count). The van der Waals surface area contributed by atoms with Crippen LogP contribution in [0.2, 0.25) is 0 Å². The molecule has 0 bridgehead atoms. The minimum absolute atomic E-state index is 0.00159. The first kappa shape index (κ1) is 13.5. The molecule has 0 atom stereocenters. The molecule has 1 aromatic carbocycles. The maximum atomic E-state index is 13.8. The van der Waals surface area contributed by atoms with Crippen molar-refractivity contribution in [3.63, 3.8) is 0 Å². The Hall–Kier alpha value is -1.91. The van der Waals surface area contributed by atoms with E-state index in [0.717, 1.165) is 12.8 Å². The van der Waals surface area contributed by atoms with Crippen LogP contribution in [-0.4, -0.2) is 36.3 Å². The molecule has 0 saturated heterocycles.